The average molecular weight is 264 g/mol. The highest BCUT2D eigenvalue weighted by atomic mass is 16.5. The summed E-state index contributed by atoms with van der Waals surface area (Å²) in [7, 11) is 2.97. The number of aromatic nitrogens is 5. The number of ether oxygens (including phenoxy) is 2. The van der Waals surface area contributed by atoms with Crippen LogP contribution in [-0.4, -0.2) is 39.0 Å². The van der Waals surface area contributed by atoms with E-state index in [1.54, 1.807) is 6.20 Å². The fraction of sp³-hybridized carbons (Fsp3) is 0.455. The molecule has 19 heavy (non-hydrogen) atoms. The third-order valence-corrected chi connectivity index (χ3v) is 2.35. The first-order chi connectivity index (χ1) is 9.26. The van der Waals surface area contributed by atoms with E-state index in [-0.39, 0.29) is 12.0 Å². The van der Waals surface area contributed by atoms with Crippen LogP contribution in [0.4, 0.5) is 11.8 Å². The van der Waals surface area contributed by atoms with Gasteiger partial charge < -0.3 is 14.8 Å². The number of nitrogens with zero attached hydrogens (tertiary/aromatic N) is 5. The molecule has 0 bridgehead atoms. The van der Waals surface area contributed by atoms with Crippen molar-refractivity contribution in [3.05, 3.63) is 12.3 Å². The highest BCUT2D eigenvalue weighted by Gasteiger charge is 2.09. The van der Waals surface area contributed by atoms with E-state index in [1.807, 2.05) is 10.7 Å². The summed E-state index contributed by atoms with van der Waals surface area (Å²) in [6.07, 6.45) is 2.70. The molecule has 102 valence electrons. The van der Waals surface area contributed by atoms with Crippen LogP contribution < -0.4 is 14.8 Å². The molecular formula is C11H16N6O2. The lowest BCUT2D eigenvalue weighted by atomic mass is 10.5. The van der Waals surface area contributed by atoms with Gasteiger partial charge in [-0.3, -0.25) is 0 Å². The zero-order valence-electron chi connectivity index (χ0n) is 11.1. The monoisotopic (exact) mass is 264 g/mol. The highest BCUT2D eigenvalue weighted by molar-refractivity contribution is 5.48. The molecule has 8 heteroatoms. The Labute approximate surface area is 110 Å². The van der Waals surface area contributed by atoms with Gasteiger partial charge in [0.1, 0.15) is 5.82 Å². The Morgan fingerprint density at radius 2 is 1.84 bits per heavy atom. The van der Waals surface area contributed by atoms with Gasteiger partial charge in [-0.15, -0.1) is 4.98 Å². The molecule has 0 spiro atoms. The van der Waals surface area contributed by atoms with Crippen LogP contribution in [0, 0.1) is 0 Å². The summed E-state index contributed by atoms with van der Waals surface area (Å²) < 4.78 is 11.8. The molecule has 0 radical (unpaired) electrons. The predicted molar refractivity (Wildman–Crippen MR) is 68.7 cm³/mol. The van der Waals surface area contributed by atoms with Crippen molar-refractivity contribution in [2.75, 3.05) is 19.5 Å². The van der Waals surface area contributed by atoms with Gasteiger partial charge >= 0.3 is 12.0 Å². The van der Waals surface area contributed by atoms with Crippen molar-refractivity contribution in [2.24, 2.45) is 0 Å². The zero-order chi connectivity index (χ0) is 13.7. The standard InChI is InChI=1S/C11H16N6O2/c1-4-7-17-8(5-6-12-17)13-9-14-10(18-2)16-11(15-9)19-3/h5-6H,4,7H2,1-3H3,(H,13,14,15,16). The van der Waals surface area contributed by atoms with Crippen LogP contribution in [0.15, 0.2) is 12.3 Å². The normalized spacial score (nSPS) is 10.3. The van der Waals surface area contributed by atoms with E-state index in [9.17, 15) is 0 Å². The van der Waals surface area contributed by atoms with Gasteiger partial charge in [-0.05, 0) is 6.42 Å². The number of rotatable bonds is 6. The second kappa shape index (κ2) is 5.98. The predicted octanol–water partition coefficient (Wildman–Crippen LogP) is 1.24. The number of anilines is 2. The van der Waals surface area contributed by atoms with E-state index in [2.05, 4.69) is 32.3 Å². The summed E-state index contributed by atoms with van der Waals surface area (Å²) in [5, 5.41) is 7.27. The Morgan fingerprint density at radius 3 is 2.42 bits per heavy atom. The van der Waals surface area contributed by atoms with E-state index in [0.29, 0.717) is 5.95 Å². The molecule has 0 unspecified atom stereocenters. The fourth-order valence-electron chi connectivity index (χ4n) is 1.52. The van der Waals surface area contributed by atoms with Crippen LogP contribution in [0.2, 0.25) is 0 Å². The molecule has 2 heterocycles. The van der Waals surface area contributed by atoms with E-state index >= 15 is 0 Å². The maximum atomic E-state index is 4.99. The van der Waals surface area contributed by atoms with Crippen molar-refractivity contribution < 1.29 is 9.47 Å². The molecule has 0 aliphatic rings. The summed E-state index contributed by atoms with van der Waals surface area (Å²) in [5.74, 6) is 1.15. The molecule has 0 atom stereocenters. The van der Waals surface area contributed by atoms with Gasteiger partial charge in [0.15, 0.2) is 0 Å². The van der Waals surface area contributed by atoms with Gasteiger partial charge in [-0.2, -0.15) is 15.1 Å². The average Bonchev–Trinajstić information content (AvgIpc) is 2.86. The van der Waals surface area contributed by atoms with E-state index < -0.39 is 0 Å². The molecule has 8 nitrogen and oxygen atoms in total. The van der Waals surface area contributed by atoms with Crippen LogP contribution in [-0.2, 0) is 6.54 Å². The molecule has 2 rings (SSSR count). The number of nitrogens with one attached hydrogen (secondary N) is 1. The third kappa shape index (κ3) is 3.09. The fourth-order valence-corrected chi connectivity index (χ4v) is 1.52. The van der Waals surface area contributed by atoms with Crippen molar-refractivity contribution in [2.45, 2.75) is 19.9 Å². The first-order valence-corrected chi connectivity index (χ1v) is 5.89. The highest BCUT2D eigenvalue weighted by Crippen LogP contribution is 2.17. The second-order valence-electron chi connectivity index (χ2n) is 3.70. The Kier molecular flexibility index (Phi) is 4.11. The maximum Gasteiger partial charge on any atom is 0.324 e. The van der Waals surface area contributed by atoms with Crippen molar-refractivity contribution >= 4 is 11.8 Å². The lowest BCUT2D eigenvalue weighted by molar-refractivity contribution is 0.341. The largest absolute Gasteiger partial charge is 0.467 e. The van der Waals surface area contributed by atoms with Gasteiger partial charge in [0.25, 0.3) is 0 Å². The van der Waals surface area contributed by atoms with Crippen LogP contribution in [0.3, 0.4) is 0 Å². The molecule has 0 saturated carbocycles. The molecule has 0 aliphatic carbocycles. The Bertz CT molecular complexity index is 519. The Balaban J connectivity index is 2.24. The van der Waals surface area contributed by atoms with Crippen molar-refractivity contribution in [3.63, 3.8) is 0 Å². The minimum Gasteiger partial charge on any atom is -0.467 e. The minimum absolute atomic E-state index is 0.191. The summed E-state index contributed by atoms with van der Waals surface area (Å²) >= 11 is 0. The number of hydrogen-bond donors (Lipinski definition) is 1. The molecule has 0 fully saturated rings. The first-order valence-electron chi connectivity index (χ1n) is 5.89. The molecule has 0 amide bonds. The van der Waals surface area contributed by atoms with Crippen LogP contribution in [0.1, 0.15) is 13.3 Å². The Hall–Kier alpha value is -2.38. The van der Waals surface area contributed by atoms with Gasteiger partial charge in [-0.25, -0.2) is 4.68 Å². The lowest BCUT2D eigenvalue weighted by Crippen LogP contribution is -2.08. The van der Waals surface area contributed by atoms with Crippen LogP contribution >= 0.6 is 0 Å². The van der Waals surface area contributed by atoms with E-state index in [0.717, 1.165) is 18.8 Å². The maximum absolute atomic E-state index is 4.99. The van der Waals surface area contributed by atoms with Crippen LogP contribution in [0.25, 0.3) is 0 Å². The first kappa shape index (κ1) is 13.1. The molecule has 0 saturated heterocycles. The van der Waals surface area contributed by atoms with E-state index in [1.165, 1.54) is 14.2 Å². The van der Waals surface area contributed by atoms with Crippen LogP contribution in [0.5, 0.6) is 12.0 Å². The molecule has 2 aromatic heterocycles. The molecule has 2 aromatic rings. The molecule has 0 aromatic carbocycles. The van der Waals surface area contributed by atoms with Crippen molar-refractivity contribution in [3.8, 4) is 12.0 Å². The molecular weight excluding hydrogens is 248 g/mol. The van der Waals surface area contributed by atoms with Crippen molar-refractivity contribution in [1.82, 2.24) is 24.7 Å². The summed E-state index contributed by atoms with van der Waals surface area (Å²) in [5.41, 5.74) is 0. The van der Waals surface area contributed by atoms with Gasteiger partial charge in [0.05, 0.1) is 20.4 Å². The van der Waals surface area contributed by atoms with E-state index in [4.69, 9.17) is 9.47 Å². The van der Waals surface area contributed by atoms with Gasteiger partial charge in [0, 0.05) is 12.6 Å². The number of aryl methyl sites for hydroxylation is 1. The second-order valence-corrected chi connectivity index (χ2v) is 3.70. The number of methoxy groups -OCH3 is 2. The third-order valence-electron chi connectivity index (χ3n) is 2.35. The Morgan fingerprint density at radius 1 is 1.16 bits per heavy atom. The zero-order valence-corrected chi connectivity index (χ0v) is 11.1. The van der Waals surface area contributed by atoms with Gasteiger partial charge in [0.2, 0.25) is 5.95 Å². The summed E-state index contributed by atoms with van der Waals surface area (Å²) in [6.45, 7) is 2.90. The SMILES string of the molecule is CCCn1nccc1Nc1nc(OC)nc(OC)n1. The number of hydrogen-bond acceptors (Lipinski definition) is 7. The molecule has 0 aliphatic heterocycles. The summed E-state index contributed by atoms with van der Waals surface area (Å²) in [4.78, 5) is 12.1. The van der Waals surface area contributed by atoms with Gasteiger partial charge in [-0.1, -0.05) is 6.92 Å². The lowest BCUT2D eigenvalue weighted by Gasteiger charge is -2.09. The quantitative estimate of drug-likeness (QED) is 0.839. The summed E-state index contributed by atoms with van der Waals surface area (Å²) in [6, 6.07) is 2.23. The van der Waals surface area contributed by atoms with Crippen molar-refractivity contribution in [1.29, 1.82) is 0 Å². The smallest absolute Gasteiger partial charge is 0.324 e. The minimum atomic E-state index is 0.191. The molecule has 1 N–H and O–H groups in total. The topological polar surface area (TPSA) is 87.0 Å².